The minimum absolute atomic E-state index is 0.429. The third kappa shape index (κ3) is 2.96. The molecule has 1 heterocycles. The van der Waals surface area contributed by atoms with Crippen molar-refractivity contribution in [2.24, 2.45) is 0 Å². The topological polar surface area (TPSA) is 72.5 Å². The van der Waals surface area contributed by atoms with Crippen molar-refractivity contribution < 1.29 is 17.9 Å². The van der Waals surface area contributed by atoms with Crippen molar-refractivity contribution in [3.63, 3.8) is 0 Å². The monoisotopic (exact) mass is 309 g/mol. The first-order valence-corrected chi connectivity index (χ1v) is 8.87. The molecule has 1 aliphatic heterocycles. The van der Waals surface area contributed by atoms with Crippen LogP contribution in [0.1, 0.15) is 42.9 Å². The van der Waals surface area contributed by atoms with Gasteiger partial charge < -0.3 is 4.74 Å². The zero-order valence-corrected chi connectivity index (χ0v) is 12.6. The predicted molar refractivity (Wildman–Crippen MR) is 78.2 cm³/mol. The van der Waals surface area contributed by atoms with Crippen molar-refractivity contribution in [1.29, 1.82) is 0 Å². The van der Waals surface area contributed by atoms with Gasteiger partial charge in [0.1, 0.15) is 0 Å². The summed E-state index contributed by atoms with van der Waals surface area (Å²) in [5.74, 6) is -0.575. The van der Waals surface area contributed by atoms with E-state index in [2.05, 4.69) is 4.72 Å². The molecule has 114 valence electrons. The number of fused-ring (bicyclic) bond motifs is 1. The highest BCUT2D eigenvalue weighted by atomic mass is 32.2. The van der Waals surface area contributed by atoms with Gasteiger partial charge in [-0.15, -0.1) is 0 Å². The summed E-state index contributed by atoms with van der Waals surface area (Å²) in [6.45, 7) is 0.429. The number of rotatable bonds is 3. The predicted octanol–water partition coefficient (Wildman–Crippen LogP) is 1.69. The van der Waals surface area contributed by atoms with E-state index in [1.54, 1.807) is 0 Å². The average molecular weight is 309 g/mol. The van der Waals surface area contributed by atoms with E-state index >= 15 is 0 Å². The highest BCUT2D eigenvalue weighted by Gasteiger charge is 2.34. The molecule has 2 aliphatic rings. The van der Waals surface area contributed by atoms with Gasteiger partial charge in [-0.05, 0) is 30.4 Å². The highest BCUT2D eigenvalue weighted by molar-refractivity contribution is 7.90. The molecule has 1 amide bonds. The molecule has 0 radical (unpaired) electrons. The Hall–Kier alpha value is -1.40. The molecule has 1 fully saturated rings. The Morgan fingerprint density at radius 2 is 1.90 bits per heavy atom. The first-order chi connectivity index (χ1) is 10.1. The maximum absolute atomic E-state index is 12.3. The molecule has 0 spiro atoms. The lowest BCUT2D eigenvalue weighted by atomic mass is 9.97. The maximum Gasteiger partial charge on any atom is 0.267 e. The Balaban J connectivity index is 1.77. The molecule has 6 heteroatoms. The fourth-order valence-corrected chi connectivity index (χ4v) is 4.59. The van der Waals surface area contributed by atoms with E-state index in [1.165, 1.54) is 0 Å². The number of carbonyl (C=O) groups excluding carboxylic acids is 1. The maximum atomic E-state index is 12.3. The van der Waals surface area contributed by atoms with Crippen LogP contribution < -0.4 is 4.72 Å². The van der Waals surface area contributed by atoms with Gasteiger partial charge >= 0.3 is 0 Å². The summed E-state index contributed by atoms with van der Waals surface area (Å²) in [6, 6.07) is 7.51. The van der Waals surface area contributed by atoms with Gasteiger partial charge in [0, 0.05) is 0 Å². The lowest BCUT2D eigenvalue weighted by Crippen LogP contribution is -2.41. The standard InChI is InChI=1S/C15H19NO4S/c17-15(16-21(18,19)12-6-2-3-7-12)14-13-8-4-1-5-11(13)9-10-20-14/h1,4-5,8,12,14H,2-3,6-7,9-10H2,(H,16,17)/t14-/m1/s1. The third-order valence-corrected chi connectivity index (χ3v) is 6.05. The van der Waals surface area contributed by atoms with Gasteiger partial charge in [-0.1, -0.05) is 37.1 Å². The van der Waals surface area contributed by atoms with Crippen LogP contribution in [-0.2, 0) is 26.0 Å². The molecule has 21 heavy (non-hydrogen) atoms. The van der Waals surface area contributed by atoms with Crippen LogP contribution in [0, 0.1) is 0 Å². The molecule has 3 rings (SSSR count). The van der Waals surface area contributed by atoms with Crippen molar-refractivity contribution in [2.75, 3.05) is 6.61 Å². The zero-order valence-electron chi connectivity index (χ0n) is 11.7. The normalized spacial score (nSPS) is 22.8. The fraction of sp³-hybridized carbons (Fsp3) is 0.533. The van der Waals surface area contributed by atoms with E-state index in [0.717, 1.165) is 30.4 Å². The first-order valence-electron chi connectivity index (χ1n) is 7.33. The highest BCUT2D eigenvalue weighted by Crippen LogP contribution is 2.28. The number of ether oxygens (including phenoxy) is 1. The molecule has 1 aromatic carbocycles. The minimum Gasteiger partial charge on any atom is -0.363 e. The lowest BCUT2D eigenvalue weighted by Gasteiger charge is -2.25. The van der Waals surface area contributed by atoms with Crippen molar-refractivity contribution >= 4 is 15.9 Å². The number of hydrogen-bond acceptors (Lipinski definition) is 4. The Kier molecular flexibility index (Phi) is 3.99. The summed E-state index contributed by atoms with van der Waals surface area (Å²) >= 11 is 0. The van der Waals surface area contributed by atoms with Crippen LogP contribution in [0.4, 0.5) is 0 Å². The van der Waals surface area contributed by atoms with Crippen LogP contribution in [0.2, 0.25) is 0 Å². The van der Waals surface area contributed by atoms with Crippen LogP contribution in [0.5, 0.6) is 0 Å². The Bertz CT molecular complexity index is 635. The van der Waals surface area contributed by atoms with Crippen LogP contribution in [0.15, 0.2) is 24.3 Å². The van der Waals surface area contributed by atoms with E-state index in [1.807, 2.05) is 24.3 Å². The van der Waals surface area contributed by atoms with Crippen molar-refractivity contribution in [3.8, 4) is 0 Å². The van der Waals surface area contributed by atoms with Crippen LogP contribution >= 0.6 is 0 Å². The van der Waals surface area contributed by atoms with Crippen LogP contribution in [0.3, 0.4) is 0 Å². The molecule has 1 saturated carbocycles. The van der Waals surface area contributed by atoms with Crippen molar-refractivity contribution in [3.05, 3.63) is 35.4 Å². The second-order valence-electron chi connectivity index (χ2n) is 5.62. The molecule has 1 N–H and O–H groups in total. The molecular formula is C15H19NO4S. The van der Waals surface area contributed by atoms with Gasteiger partial charge in [-0.25, -0.2) is 8.42 Å². The van der Waals surface area contributed by atoms with Gasteiger partial charge in [0.25, 0.3) is 5.91 Å². The number of benzene rings is 1. The second kappa shape index (κ2) is 5.77. The summed E-state index contributed by atoms with van der Waals surface area (Å²) in [5, 5.41) is -0.444. The Morgan fingerprint density at radius 3 is 2.67 bits per heavy atom. The largest absolute Gasteiger partial charge is 0.363 e. The van der Waals surface area contributed by atoms with Crippen molar-refractivity contribution in [1.82, 2.24) is 4.72 Å². The van der Waals surface area contributed by atoms with Gasteiger partial charge in [-0.2, -0.15) is 0 Å². The van der Waals surface area contributed by atoms with Crippen LogP contribution in [-0.4, -0.2) is 26.2 Å². The van der Waals surface area contributed by atoms with Gasteiger partial charge in [0.05, 0.1) is 11.9 Å². The first kappa shape index (κ1) is 14.5. The molecule has 0 unspecified atom stereocenters. The molecule has 1 aliphatic carbocycles. The Labute approximate surface area is 124 Å². The number of carbonyl (C=O) groups is 1. The SMILES string of the molecule is O=C(NS(=O)(=O)C1CCCC1)[C@@H]1OCCc2ccccc21. The van der Waals surface area contributed by atoms with E-state index in [9.17, 15) is 13.2 Å². The van der Waals surface area contributed by atoms with Gasteiger partial charge in [0.15, 0.2) is 6.10 Å². The summed E-state index contributed by atoms with van der Waals surface area (Å²) in [5.41, 5.74) is 1.81. The molecule has 0 aromatic heterocycles. The van der Waals surface area contributed by atoms with E-state index < -0.39 is 27.3 Å². The fourth-order valence-electron chi connectivity index (χ4n) is 3.09. The molecule has 0 bridgehead atoms. The average Bonchev–Trinajstić information content (AvgIpc) is 3.01. The molecule has 5 nitrogen and oxygen atoms in total. The lowest BCUT2D eigenvalue weighted by molar-refractivity contribution is -0.132. The molecule has 1 atom stereocenters. The summed E-state index contributed by atoms with van der Waals surface area (Å²) < 4.78 is 32.1. The number of nitrogens with one attached hydrogen (secondary N) is 1. The zero-order chi connectivity index (χ0) is 14.9. The van der Waals surface area contributed by atoms with E-state index in [0.29, 0.717) is 19.4 Å². The summed E-state index contributed by atoms with van der Waals surface area (Å²) in [4.78, 5) is 12.3. The minimum atomic E-state index is -3.59. The number of amides is 1. The number of hydrogen-bond donors (Lipinski definition) is 1. The van der Waals surface area contributed by atoms with E-state index in [-0.39, 0.29) is 0 Å². The molecular weight excluding hydrogens is 290 g/mol. The molecule has 1 aromatic rings. The quantitative estimate of drug-likeness (QED) is 0.922. The van der Waals surface area contributed by atoms with E-state index in [4.69, 9.17) is 4.74 Å². The van der Waals surface area contributed by atoms with Crippen LogP contribution in [0.25, 0.3) is 0 Å². The van der Waals surface area contributed by atoms with Gasteiger partial charge in [0.2, 0.25) is 10.0 Å². The van der Waals surface area contributed by atoms with Crippen molar-refractivity contribution in [2.45, 2.75) is 43.5 Å². The van der Waals surface area contributed by atoms with Gasteiger partial charge in [-0.3, -0.25) is 9.52 Å². The summed E-state index contributed by atoms with van der Waals surface area (Å²) in [6.07, 6.45) is 2.99. The summed E-state index contributed by atoms with van der Waals surface area (Å²) in [7, 11) is -3.59. The third-order valence-electron chi connectivity index (χ3n) is 4.22. The molecule has 0 saturated heterocycles. The Morgan fingerprint density at radius 1 is 1.19 bits per heavy atom. The second-order valence-corrected chi connectivity index (χ2v) is 7.58. The number of sulfonamides is 1. The smallest absolute Gasteiger partial charge is 0.267 e.